The van der Waals surface area contributed by atoms with Crippen LogP contribution in [-0.4, -0.2) is 11.0 Å². The minimum absolute atomic E-state index is 0.472. The fourth-order valence-corrected chi connectivity index (χ4v) is 1.33. The van der Waals surface area contributed by atoms with Crippen LogP contribution in [0.3, 0.4) is 0 Å². The molecule has 2 aromatic rings. The number of para-hydroxylation sites is 1. The first-order chi connectivity index (χ1) is 8.66. The van der Waals surface area contributed by atoms with Crippen LogP contribution in [0.25, 0.3) is 0 Å². The maximum absolute atomic E-state index is 13.3. The fourth-order valence-electron chi connectivity index (χ4n) is 1.33. The van der Waals surface area contributed by atoms with E-state index in [0.717, 1.165) is 12.1 Å². The molecule has 2 N–H and O–H groups in total. The van der Waals surface area contributed by atoms with Crippen LogP contribution in [-0.2, 0) is 0 Å². The Labute approximate surface area is 102 Å². The first kappa shape index (κ1) is 12.0. The van der Waals surface area contributed by atoms with Gasteiger partial charge in [-0.3, -0.25) is 4.98 Å². The third-order valence-corrected chi connectivity index (χ3v) is 2.14. The van der Waals surface area contributed by atoms with E-state index in [4.69, 9.17) is 0 Å². The summed E-state index contributed by atoms with van der Waals surface area (Å²) in [6, 6.07) is 5.71. The van der Waals surface area contributed by atoms with Gasteiger partial charge in [0, 0.05) is 18.1 Å². The van der Waals surface area contributed by atoms with Crippen LogP contribution < -0.4 is 10.6 Å². The quantitative estimate of drug-likeness (QED) is 0.859. The summed E-state index contributed by atoms with van der Waals surface area (Å²) in [5.41, 5.74) is -0.0108. The molecule has 0 aliphatic rings. The molecule has 18 heavy (non-hydrogen) atoms. The summed E-state index contributed by atoms with van der Waals surface area (Å²) in [5.74, 6) is -1.67. The molecule has 0 fully saturated rings. The number of pyridine rings is 1. The van der Waals surface area contributed by atoms with Crippen molar-refractivity contribution in [2.75, 3.05) is 10.6 Å². The van der Waals surface area contributed by atoms with Crippen LogP contribution >= 0.6 is 0 Å². The Kier molecular flexibility index (Phi) is 3.47. The number of urea groups is 1. The zero-order chi connectivity index (χ0) is 13.0. The zero-order valence-corrected chi connectivity index (χ0v) is 9.15. The fraction of sp³-hybridized carbons (Fsp3) is 0. The van der Waals surface area contributed by atoms with Gasteiger partial charge < -0.3 is 10.6 Å². The molecule has 92 valence electrons. The summed E-state index contributed by atoms with van der Waals surface area (Å²) in [6.45, 7) is 0. The van der Waals surface area contributed by atoms with Gasteiger partial charge in [0.25, 0.3) is 0 Å². The molecular weight excluding hydrogens is 240 g/mol. The summed E-state index contributed by atoms with van der Waals surface area (Å²) in [4.78, 5) is 15.3. The molecule has 4 nitrogen and oxygen atoms in total. The van der Waals surface area contributed by atoms with Gasteiger partial charge in [0.05, 0.1) is 0 Å². The van der Waals surface area contributed by atoms with E-state index in [0.29, 0.717) is 5.69 Å². The molecule has 0 atom stereocenters. The second kappa shape index (κ2) is 5.22. The lowest BCUT2D eigenvalue weighted by molar-refractivity contribution is 0.262. The molecule has 1 aromatic carbocycles. The average Bonchev–Trinajstić information content (AvgIpc) is 2.35. The van der Waals surface area contributed by atoms with Crippen molar-refractivity contribution in [3.05, 3.63) is 54.4 Å². The number of aromatic nitrogens is 1. The lowest BCUT2D eigenvalue weighted by Gasteiger charge is -2.08. The molecule has 0 saturated carbocycles. The highest BCUT2D eigenvalue weighted by Crippen LogP contribution is 2.18. The third kappa shape index (κ3) is 2.79. The Bertz CT molecular complexity index is 540. The van der Waals surface area contributed by atoms with Gasteiger partial charge in [-0.05, 0) is 24.3 Å². The van der Waals surface area contributed by atoms with Crippen LogP contribution in [0.4, 0.5) is 25.0 Å². The number of anilines is 2. The molecule has 0 unspecified atom stereocenters. The Morgan fingerprint density at radius 2 is 1.61 bits per heavy atom. The third-order valence-electron chi connectivity index (χ3n) is 2.14. The Balaban J connectivity index is 2.08. The number of halogens is 2. The van der Waals surface area contributed by atoms with E-state index in [1.807, 2.05) is 0 Å². The molecule has 0 saturated heterocycles. The lowest BCUT2D eigenvalue weighted by Crippen LogP contribution is -2.20. The van der Waals surface area contributed by atoms with Gasteiger partial charge in [-0.2, -0.15) is 0 Å². The van der Waals surface area contributed by atoms with Gasteiger partial charge in [0.15, 0.2) is 0 Å². The SMILES string of the molecule is O=C(Nc1ccncc1)Nc1c(F)cccc1F. The van der Waals surface area contributed by atoms with Gasteiger partial charge in [-0.25, -0.2) is 13.6 Å². The van der Waals surface area contributed by atoms with E-state index in [1.165, 1.54) is 18.5 Å². The van der Waals surface area contributed by atoms with Crippen LogP contribution in [0.1, 0.15) is 0 Å². The van der Waals surface area contributed by atoms with Gasteiger partial charge in [0.2, 0.25) is 0 Å². The maximum atomic E-state index is 13.3. The van der Waals surface area contributed by atoms with Crippen LogP contribution in [0.15, 0.2) is 42.7 Å². The Morgan fingerprint density at radius 3 is 2.22 bits per heavy atom. The van der Waals surface area contributed by atoms with E-state index in [-0.39, 0.29) is 0 Å². The molecule has 0 radical (unpaired) electrons. The summed E-state index contributed by atoms with van der Waals surface area (Å²) in [6.07, 6.45) is 2.97. The largest absolute Gasteiger partial charge is 0.323 e. The first-order valence-electron chi connectivity index (χ1n) is 5.09. The number of amides is 2. The number of nitrogens with one attached hydrogen (secondary N) is 2. The predicted molar refractivity (Wildman–Crippen MR) is 63.2 cm³/mol. The van der Waals surface area contributed by atoms with Gasteiger partial charge in [-0.15, -0.1) is 0 Å². The van der Waals surface area contributed by atoms with Gasteiger partial charge in [0.1, 0.15) is 17.3 Å². The van der Waals surface area contributed by atoms with Crippen molar-refractivity contribution in [2.45, 2.75) is 0 Å². The highest BCUT2D eigenvalue weighted by molar-refractivity contribution is 5.99. The summed E-state index contributed by atoms with van der Waals surface area (Å²) >= 11 is 0. The molecule has 0 aliphatic heterocycles. The van der Waals surface area contributed by atoms with E-state index < -0.39 is 23.4 Å². The lowest BCUT2D eigenvalue weighted by atomic mass is 10.3. The number of hydrogen-bond acceptors (Lipinski definition) is 2. The topological polar surface area (TPSA) is 54.0 Å². The maximum Gasteiger partial charge on any atom is 0.323 e. The molecule has 1 heterocycles. The molecule has 2 rings (SSSR count). The minimum atomic E-state index is -0.833. The molecule has 1 aromatic heterocycles. The standard InChI is InChI=1S/C12H9F2N3O/c13-9-2-1-3-10(14)11(9)17-12(18)16-8-4-6-15-7-5-8/h1-7H,(H2,15,16,17,18). The van der Waals surface area contributed by atoms with E-state index in [1.54, 1.807) is 12.1 Å². The molecule has 0 bridgehead atoms. The molecule has 6 heteroatoms. The monoisotopic (exact) mass is 249 g/mol. The van der Waals surface area contributed by atoms with Crippen LogP contribution in [0.2, 0.25) is 0 Å². The molecule has 0 aliphatic carbocycles. The summed E-state index contributed by atoms with van der Waals surface area (Å²) in [5, 5.41) is 4.53. The van der Waals surface area contributed by atoms with Crippen molar-refractivity contribution in [3.63, 3.8) is 0 Å². The number of hydrogen-bond donors (Lipinski definition) is 2. The summed E-state index contributed by atoms with van der Waals surface area (Å²) in [7, 11) is 0. The van der Waals surface area contributed by atoms with Gasteiger partial charge in [-0.1, -0.05) is 6.07 Å². The van der Waals surface area contributed by atoms with Crippen molar-refractivity contribution in [3.8, 4) is 0 Å². The summed E-state index contributed by atoms with van der Waals surface area (Å²) < 4.78 is 26.5. The van der Waals surface area contributed by atoms with Crippen molar-refractivity contribution in [1.29, 1.82) is 0 Å². The average molecular weight is 249 g/mol. The first-order valence-corrected chi connectivity index (χ1v) is 5.09. The highest BCUT2D eigenvalue weighted by atomic mass is 19.1. The van der Waals surface area contributed by atoms with Gasteiger partial charge >= 0.3 is 6.03 Å². The van der Waals surface area contributed by atoms with Crippen molar-refractivity contribution >= 4 is 17.4 Å². The van der Waals surface area contributed by atoms with Crippen LogP contribution in [0, 0.1) is 11.6 Å². The normalized spacial score (nSPS) is 9.89. The number of benzene rings is 1. The molecule has 0 spiro atoms. The second-order valence-corrected chi connectivity index (χ2v) is 3.41. The van der Waals surface area contributed by atoms with Crippen molar-refractivity contribution < 1.29 is 13.6 Å². The molecular formula is C12H9F2N3O. The number of carbonyl (C=O) groups is 1. The number of carbonyl (C=O) groups excluding carboxylic acids is 1. The number of nitrogens with zero attached hydrogens (tertiary/aromatic N) is 1. The predicted octanol–water partition coefficient (Wildman–Crippen LogP) is 3.00. The van der Waals surface area contributed by atoms with Crippen molar-refractivity contribution in [2.24, 2.45) is 0 Å². The second-order valence-electron chi connectivity index (χ2n) is 3.41. The Morgan fingerprint density at radius 1 is 1.00 bits per heavy atom. The van der Waals surface area contributed by atoms with Crippen molar-refractivity contribution in [1.82, 2.24) is 4.98 Å². The number of rotatable bonds is 2. The van der Waals surface area contributed by atoms with E-state index in [2.05, 4.69) is 15.6 Å². The van der Waals surface area contributed by atoms with E-state index >= 15 is 0 Å². The van der Waals surface area contributed by atoms with E-state index in [9.17, 15) is 13.6 Å². The molecule has 2 amide bonds. The van der Waals surface area contributed by atoms with Crippen LogP contribution in [0.5, 0.6) is 0 Å². The highest BCUT2D eigenvalue weighted by Gasteiger charge is 2.11. The smallest absolute Gasteiger partial charge is 0.308 e. The Hall–Kier alpha value is -2.50. The minimum Gasteiger partial charge on any atom is -0.308 e. The zero-order valence-electron chi connectivity index (χ0n) is 9.15.